The summed E-state index contributed by atoms with van der Waals surface area (Å²) in [7, 11) is 0. The van der Waals surface area contributed by atoms with Crippen molar-refractivity contribution in [2.45, 2.75) is 90.3 Å². The van der Waals surface area contributed by atoms with Crippen LogP contribution in [-0.4, -0.2) is 41.4 Å². The predicted molar refractivity (Wildman–Crippen MR) is 86.1 cm³/mol. The molecule has 0 aliphatic carbocycles. The first-order valence-corrected chi connectivity index (χ1v) is 8.55. The number of hydrogen-bond donors (Lipinski definition) is 1. The van der Waals surface area contributed by atoms with Crippen LogP contribution in [0, 0.1) is 0 Å². The average Bonchev–Trinajstić information content (AvgIpc) is 2.51. The van der Waals surface area contributed by atoms with Crippen molar-refractivity contribution in [3.05, 3.63) is 0 Å². The summed E-state index contributed by atoms with van der Waals surface area (Å²) in [4.78, 5) is 14.2. The maximum absolute atomic E-state index is 11.8. The average molecular weight is 282 g/mol. The minimum absolute atomic E-state index is 0.0234. The zero-order valence-corrected chi connectivity index (χ0v) is 14.2. The van der Waals surface area contributed by atoms with Crippen molar-refractivity contribution in [3.8, 4) is 0 Å². The Morgan fingerprint density at radius 2 is 1.70 bits per heavy atom. The SMILES string of the molecule is CCCCN1CC(CC)(CC)NC(CC)(CC)C1C=O. The molecule has 1 unspecified atom stereocenters. The molecule has 0 aromatic rings. The van der Waals surface area contributed by atoms with Gasteiger partial charge in [-0.1, -0.05) is 41.0 Å². The summed E-state index contributed by atoms with van der Waals surface area (Å²) in [5.41, 5.74) is 0.110. The zero-order chi connectivity index (χ0) is 15.2. The van der Waals surface area contributed by atoms with Crippen molar-refractivity contribution in [2.24, 2.45) is 0 Å². The number of unbranched alkanes of at least 4 members (excludes halogenated alkanes) is 1. The maximum Gasteiger partial charge on any atom is 0.139 e. The minimum atomic E-state index is -0.0558. The van der Waals surface area contributed by atoms with Gasteiger partial charge in [-0.25, -0.2) is 0 Å². The lowest BCUT2D eigenvalue weighted by molar-refractivity contribution is -0.120. The minimum Gasteiger partial charge on any atom is -0.303 e. The smallest absolute Gasteiger partial charge is 0.139 e. The summed E-state index contributed by atoms with van der Waals surface area (Å²) < 4.78 is 0. The van der Waals surface area contributed by atoms with Crippen molar-refractivity contribution < 1.29 is 4.79 Å². The quantitative estimate of drug-likeness (QED) is 0.693. The summed E-state index contributed by atoms with van der Waals surface area (Å²) in [5.74, 6) is 0. The van der Waals surface area contributed by atoms with E-state index in [0.717, 1.165) is 38.8 Å². The number of carbonyl (C=O) groups is 1. The van der Waals surface area contributed by atoms with Crippen LogP contribution in [0.3, 0.4) is 0 Å². The Morgan fingerprint density at radius 3 is 2.10 bits per heavy atom. The van der Waals surface area contributed by atoms with E-state index in [-0.39, 0.29) is 17.1 Å². The van der Waals surface area contributed by atoms with E-state index >= 15 is 0 Å². The molecule has 0 aromatic carbocycles. The number of piperazine rings is 1. The molecule has 0 saturated carbocycles. The van der Waals surface area contributed by atoms with Crippen LogP contribution >= 0.6 is 0 Å². The van der Waals surface area contributed by atoms with Gasteiger partial charge in [-0.05, 0) is 38.6 Å². The van der Waals surface area contributed by atoms with E-state index in [9.17, 15) is 4.79 Å². The summed E-state index contributed by atoms with van der Waals surface area (Å²) in [5, 5.41) is 3.91. The van der Waals surface area contributed by atoms with Gasteiger partial charge in [0.1, 0.15) is 6.29 Å². The number of hydrogen-bond acceptors (Lipinski definition) is 3. The van der Waals surface area contributed by atoms with E-state index in [2.05, 4.69) is 44.8 Å². The van der Waals surface area contributed by atoms with Gasteiger partial charge >= 0.3 is 0 Å². The Bertz CT molecular complexity index is 295. The first-order valence-electron chi connectivity index (χ1n) is 8.55. The van der Waals surface area contributed by atoms with Crippen molar-refractivity contribution >= 4 is 6.29 Å². The van der Waals surface area contributed by atoms with Gasteiger partial charge in [0.15, 0.2) is 0 Å². The predicted octanol–water partition coefficient (Wildman–Crippen LogP) is 3.38. The van der Waals surface area contributed by atoms with Gasteiger partial charge in [-0.15, -0.1) is 0 Å². The van der Waals surface area contributed by atoms with Crippen LogP contribution in [0.5, 0.6) is 0 Å². The maximum atomic E-state index is 11.8. The van der Waals surface area contributed by atoms with Crippen molar-refractivity contribution in [1.29, 1.82) is 0 Å². The molecular formula is C17H34N2O. The fourth-order valence-electron chi connectivity index (χ4n) is 3.77. The topological polar surface area (TPSA) is 32.3 Å². The fourth-order valence-corrected chi connectivity index (χ4v) is 3.77. The van der Waals surface area contributed by atoms with Crippen LogP contribution in [0.15, 0.2) is 0 Å². The zero-order valence-electron chi connectivity index (χ0n) is 14.2. The number of carbonyl (C=O) groups excluding carboxylic acids is 1. The molecular weight excluding hydrogens is 248 g/mol. The Labute approximate surface area is 125 Å². The van der Waals surface area contributed by atoms with Crippen LogP contribution in [0.25, 0.3) is 0 Å². The Kier molecular flexibility index (Phi) is 6.67. The molecule has 0 radical (unpaired) electrons. The number of aldehydes is 1. The number of rotatable bonds is 8. The summed E-state index contributed by atoms with van der Waals surface area (Å²) in [6, 6.07) is 0.0234. The number of nitrogens with zero attached hydrogens (tertiary/aromatic N) is 1. The molecule has 0 amide bonds. The molecule has 1 aliphatic rings. The van der Waals surface area contributed by atoms with Gasteiger partial charge in [-0.3, -0.25) is 4.90 Å². The van der Waals surface area contributed by atoms with Crippen LogP contribution in [0.1, 0.15) is 73.1 Å². The van der Waals surface area contributed by atoms with Crippen LogP contribution in [-0.2, 0) is 4.79 Å². The fraction of sp³-hybridized carbons (Fsp3) is 0.941. The second kappa shape index (κ2) is 7.56. The van der Waals surface area contributed by atoms with Gasteiger partial charge in [0.2, 0.25) is 0 Å². The van der Waals surface area contributed by atoms with Crippen molar-refractivity contribution in [2.75, 3.05) is 13.1 Å². The van der Waals surface area contributed by atoms with E-state index in [1.807, 2.05) is 0 Å². The van der Waals surface area contributed by atoms with Gasteiger partial charge < -0.3 is 10.1 Å². The van der Waals surface area contributed by atoms with Gasteiger partial charge in [0.05, 0.1) is 6.04 Å². The monoisotopic (exact) mass is 282 g/mol. The van der Waals surface area contributed by atoms with Crippen molar-refractivity contribution in [3.63, 3.8) is 0 Å². The molecule has 1 aliphatic heterocycles. The standard InChI is InChI=1S/C17H34N2O/c1-6-11-12-19-14-16(7-2,8-3)18-17(9-4,10-5)15(19)13-20/h13,15,18H,6-12,14H2,1-5H3. The first-order chi connectivity index (χ1) is 9.56. The third kappa shape index (κ3) is 3.25. The first kappa shape index (κ1) is 17.6. The molecule has 1 rings (SSSR count). The Balaban J connectivity index is 3.10. The number of nitrogens with one attached hydrogen (secondary N) is 1. The van der Waals surface area contributed by atoms with Crippen LogP contribution < -0.4 is 5.32 Å². The van der Waals surface area contributed by atoms with E-state index in [0.29, 0.717) is 0 Å². The second-order valence-corrected chi connectivity index (χ2v) is 6.38. The van der Waals surface area contributed by atoms with Gasteiger partial charge in [0, 0.05) is 17.6 Å². The summed E-state index contributed by atoms with van der Waals surface area (Å²) >= 11 is 0. The lowest BCUT2D eigenvalue weighted by Crippen LogP contribution is -2.75. The van der Waals surface area contributed by atoms with Gasteiger partial charge in [-0.2, -0.15) is 0 Å². The molecule has 0 aromatic heterocycles. The van der Waals surface area contributed by atoms with Crippen LogP contribution in [0.2, 0.25) is 0 Å². The molecule has 0 bridgehead atoms. The van der Waals surface area contributed by atoms with E-state index < -0.39 is 0 Å². The molecule has 118 valence electrons. The lowest BCUT2D eigenvalue weighted by Gasteiger charge is -2.56. The third-order valence-electron chi connectivity index (χ3n) is 5.52. The molecule has 1 saturated heterocycles. The summed E-state index contributed by atoms with van der Waals surface area (Å²) in [6.45, 7) is 13.2. The molecule has 1 atom stereocenters. The van der Waals surface area contributed by atoms with Crippen LogP contribution in [0.4, 0.5) is 0 Å². The molecule has 3 heteroatoms. The van der Waals surface area contributed by atoms with E-state index in [1.54, 1.807) is 0 Å². The highest BCUT2D eigenvalue weighted by Crippen LogP contribution is 2.35. The Hall–Kier alpha value is -0.410. The normalized spacial score (nSPS) is 25.6. The second-order valence-electron chi connectivity index (χ2n) is 6.38. The van der Waals surface area contributed by atoms with Gasteiger partial charge in [0.25, 0.3) is 0 Å². The molecule has 20 heavy (non-hydrogen) atoms. The molecule has 3 nitrogen and oxygen atoms in total. The highest BCUT2D eigenvalue weighted by Gasteiger charge is 2.49. The van der Waals surface area contributed by atoms with Crippen molar-refractivity contribution in [1.82, 2.24) is 10.2 Å². The third-order valence-corrected chi connectivity index (χ3v) is 5.52. The lowest BCUT2D eigenvalue weighted by atomic mass is 9.75. The molecule has 0 spiro atoms. The van der Waals surface area contributed by atoms with E-state index in [4.69, 9.17) is 0 Å². The highest BCUT2D eigenvalue weighted by molar-refractivity contribution is 5.61. The summed E-state index contributed by atoms with van der Waals surface area (Å²) in [6.07, 6.45) is 7.82. The molecule has 1 heterocycles. The largest absolute Gasteiger partial charge is 0.303 e. The van der Waals surface area contributed by atoms with E-state index in [1.165, 1.54) is 19.1 Å². The Morgan fingerprint density at radius 1 is 1.10 bits per heavy atom. The highest BCUT2D eigenvalue weighted by atomic mass is 16.1. The molecule has 1 fully saturated rings. The molecule has 1 N–H and O–H groups in total.